The molecule has 0 unspecified atom stereocenters. The van der Waals surface area contributed by atoms with Gasteiger partial charge in [0.2, 0.25) is 5.90 Å². The largest absolute Gasteiger partial charge is 0.476 e. The Labute approximate surface area is 120 Å². The van der Waals surface area contributed by atoms with E-state index in [9.17, 15) is 0 Å². The second-order valence-corrected chi connectivity index (χ2v) is 4.96. The lowest BCUT2D eigenvalue weighted by atomic mass is 10.1. The minimum absolute atomic E-state index is 0.380. The molecule has 0 amide bonds. The maximum absolute atomic E-state index is 7.54. The van der Waals surface area contributed by atoms with E-state index < -0.39 is 6.98 Å². The van der Waals surface area contributed by atoms with Gasteiger partial charge in [0, 0.05) is 17.2 Å². The Morgan fingerprint density at radius 1 is 1.37 bits per heavy atom. The van der Waals surface area contributed by atoms with E-state index in [1.165, 1.54) is 17.7 Å². The molecule has 0 spiro atoms. The summed E-state index contributed by atoms with van der Waals surface area (Å²) in [6.07, 6.45) is 7.37. The Kier molecular flexibility index (Phi) is 4.15. The van der Waals surface area contributed by atoms with Gasteiger partial charge in [-0.2, -0.15) is 0 Å². The number of aliphatic imine (C=N–C) groups is 2. The average molecular weight is 266 g/mol. The van der Waals surface area contributed by atoms with E-state index >= 15 is 0 Å². The third-order valence-corrected chi connectivity index (χ3v) is 3.34. The van der Waals surface area contributed by atoms with Gasteiger partial charge in [-0.1, -0.05) is 32.3 Å². The number of likely N-dealkylation sites (N-methyl/N-ethyl adjacent to an activating group) is 1. The number of hydrogen-bond acceptors (Lipinski definition) is 4. The molecule has 0 saturated carbocycles. The Morgan fingerprint density at radius 2 is 2.32 bits per heavy atom. The third-order valence-electron chi connectivity index (χ3n) is 3.34. The lowest BCUT2D eigenvalue weighted by molar-refractivity contribution is 0.298. The van der Waals surface area contributed by atoms with Crippen LogP contribution in [0.1, 0.15) is 43.1 Å². The molecule has 0 fully saturated rings. The molecular formula is C15H25N3O. The van der Waals surface area contributed by atoms with Crippen LogP contribution in [-0.4, -0.2) is 49.9 Å². The summed E-state index contributed by atoms with van der Waals surface area (Å²) in [6.45, 7) is 2.08. The van der Waals surface area contributed by atoms with Crippen molar-refractivity contribution in [3.05, 3.63) is 11.6 Å². The van der Waals surface area contributed by atoms with Crippen LogP contribution in [-0.2, 0) is 4.74 Å². The number of rotatable bonds is 6. The van der Waals surface area contributed by atoms with E-state index in [0.717, 1.165) is 30.5 Å². The molecule has 0 N–H and O–H groups in total. The summed E-state index contributed by atoms with van der Waals surface area (Å²) in [5.74, 6) is 0.579. The number of hydrogen-bond donors (Lipinski definition) is 0. The van der Waals surface area contributed by atoms with E-state index in [0.29, 0.717) is 32.3 Å². The van der Waals surface area contributed by atoms with Crippen molar-refractivity contribution in [1.29, 1.82) is 0 Å². The van der Waals surface area contributed by atoms with E-state index in [-0.39, 0.29) is 0 Å². The molecule has 0 saturated heterocycles. The summed E-state index contributed by atoms with van der Waals surface area (Å²) in [5, 5.41) is 0. The average Bonchev–Trinajstić information content (AvgIpc) is 2.95. The highest BCUT2D eigenvalue weighted by molar-refractivity contribution is 6.46. The summed E-state index contributed by atoms with van der Waals surface area (Å²) < 4.78 is 28.4. The van der Waals surface area contributed by atoms with Gasteiger partial charge >= 0.3 is 0 Å². The number of ether oxygens (including phenoxy) is 1. The van der Waals surface area contributed by atoms with Crippen LogP contribution in [0.15, 0.2) is 21.6 Å². The van der Waals surface area contributed by atoms with E-state index in [1.54, 1.807) is 0 Å². The fraction of sp³-hybridized carbons (Fsp3) is 0.733. The van der Waals surface area contributed by atoms with Crippen molar-refractivity contribution in [1.82, 2.24) is 4.90 Å². The van der Waals surface area contributed by atoms with Crippen molar-refractivity contribution in [3.63, 3.8) is 0 Å². The molecule has 19 heavy (non-hydrogen) atoms. The van der Waals surface area contributed by atoms with Crippen LogP contribution in [0.3, 0.4) is 0 Å². The van der Waals surface area contributed by atoms with Crippen molar-refractivity contribution in [2.24, 2.45) is 9.98 Å². The van der Waals surface area contributed by atoms with Gasteiger partial charge in [-0.25, -0.2) is 4.99 Å². The van der Waals surface area contributed by atoms with Crippen LogP contribution in [0.2, 0.25) is 0 Å². The van der Waals surface area contributed by atoms with Gasteiger partial charge in [-0.05, 0) is 25.4 Å². The van der Waals surface area contributed by atoms with Crippen molar-refractivity contribution in [2.75, 3.05) is 33.3 Å². The standard InChI is InChI=1S/C15H25N3O/c1-3-4-5-6-10-19-15-14(16-12-17-15)13-8-7-9-18(2)11-13/h8H,3-7,9-12H2,1-2H3/i2D3. The first-order valence-electron chi connectivity index (χ1n) is 8.69. The molecule has 2 aliphatic rings. The Morgan fingerprint density at radius 3 is 3.16 bits per heavy atom. The maximum Gasteiger partial charge on any atom is 0.237 e. The number of unbranched alkanes of at least 4 members (excludes halogenated alkanes) is 3. The third kappa shape index (κ3) is 4.16. The first-order valence-corrected chi connectivity index (χ1v) is 7.19. The molecule has 2 heterocycles. The Bertz CT molecular complexity index is 469. The van der Waals surface area contributed by atoms with E-state index in [4.69, 9.17) is 8.85 Å². The highest BCUT2D eigenvalue weighted by Crippen LogP contribution is 2.14. The van der Waals surface area contributed by atoms with Crippen LogP contribution in [0.5, 0.6) is 0 Å². The van der Waals surface area contributed by atoms with Crippen molar-refractivity contribution in [2.45, 2.75) is 39.0 Å². The Hall–Kier alpha value is -1.16. The maximum atomic E-state index is 7.54. The first-order chi connectivity index (χ1) is 10.5. The van der Waals surface area contributed by atoms with Gasteiger partial charge in [-0.3, -0.25) is 4.99 Å². The molecule has 0 aromatic heterocycles. The summed E-state index contributed by atoms with van der Waals surface area (Å²) in [7, 11) is 0. The van der Waals surface area contributed by atoms with Gasteiger partial charge in [0.05, 0.1) is 6.61 Å². The summed E-state index contributed by atoms with van der Waals surface area (Å²) >= 11 is 0. The molecule has 0 atom stereocenters. The van der Waals surface area contributed by atoms with Gasteiger partial charge in [0.15, 0.2) is 0 Å². The van der Waals surface area contributed by atoms with Crippen molar-refractivity contribution in [3.8, 4) is 0 Å². The second-order valence-electron chi connectivity index (χ2n) is 4.96. The Balaban J connectivity index is 1.89. The minimum atomic E-state index is -2.06. The van der Waals surface area contributed by atoms with E-state index in [1.807, 2.05) is 0 Å². The number of nitrogens with zero attached hydrogens (tertiary/aromatic N) is 3. The molecule has 2 rings (SSSR count). The quantitative estimate of drug-likeness (QED) is 0.693. The fourth-order valence-corrected chi connectivity index (χ4v) is 2.28. The zero-order valence-corrected chi connectivity index (χ0v) is 11.7. The van der Waals surface area contributed by atoms with Crippen LogP contribution >= 0.6 is 0 Å². The van der Waals surface area contributed by atoms with Crippen LogP contribution < -0.4 is 0 Å². The predicted octanol–water partition coefficient (Wildman–Crippen LogP) is 2.66. The second kappa shape index (κ2) is 7.43. The van der Waals surface area contributed by atoms with Crippen LogP contribution in [0.4, 0.5) is 0 Å². The normalized spacial score (nSPS) is 23.0. The van der Waals surface area contributed by atoms with Crippen LogP contribution in [0.25, 0.3) is 0 Å². The van der Waals surface area contributed by atoms with Crippen molar-refractivity contribution >= 4 is 11.6 Å². The lowest BCUT2D eigenvalue weighted by Gasteiger charge is -2.23. The smallest absolute Gasteiger partial charge is 0.237 e. The van der Waals surface area contributed by atoms with Crippen molar-refractivity contribution < 1.29 is 8.85 Å². The van der Waals surface area contributed by atoms with Crippen LogP contribution in [0, 0.1) is 0 Å². The van der Waals surface area contributed by atoms with Gasteiger partial charge < -0.3 is 9.64 Å². The summed E-state index contributed by atoms with van der Waals surface area (Å²) in [5.41, 5.74) is 1.66. The molecule has 2 aliphatic heterocycles. The zero-order valence-electron chi connectivity index (χ0n) is 14.7. The monoisotopic (exact) mass is 266 g/mol. The SMILES string of the molecule is [2H]C([2H])([2H])N1CCC=C(C2=NCN=C2OCCCCCC)C1. The molecule has 0 aromatic carbocycles. The summed E-state index contributed by atoms with van der Waals surface area (Å²) in [6, 6.07) is 0. The molecular weight excluding hydrogens is 238 g/mol. The fourth-order valence-electron chi connectivity index (χ4n) is 2.28. The summed E-state index contributed by atoms with van der Waals surface area (Å²) in [4.78, 5) is 10.2. The topological polar surface area (TPSA) is 37.2 Å². The molecule has 0 bridgehead atoms. The molecule has 0 aliphatic carbocycles. The van der Waals surface area contributed by atoms with Gasteiger partial charge in [0.25, 0.3) is 0 Å². The first kappa shape index (κ1) is 10.6. The molecule has 0 aromatic rings. The molecule has 4 heteroatoms. The predicted molar refractivity (Wildman–Crippen MR) is 80.0 cm³/mol. The highest BCUT2D eigenvalue weighted by atomic mass is 16.5. The van der Waals surface area contributed by atoms with Gasteiger partial charge in [0.1, 0.15) is 12.4 Å². The van der Waals surface area contributed by atoms with E-state index in [2.05, 4.69) is 23.0 Å². The molecule has 106 valence electrons. The lowest BCUT2D eigenvalue weighted by Crippen LogP contribution is -2.31. The highest BCUT2D eigenvalue weighted by Gasteiger charge is 2.22. The minimum Gasteiger partial charge on any atom is -0.476 e. The van der Waals surface area contributed by atoms with Gasteiger partial charge in [-0.15, -0.1) is 0 Å². The zero-order chi connectivity index (χ0) is 16.0. The molecule has 4 nitrogen and oxygen atoms in total. The molecule has 0 radical (unpaired) electrons.